The molecule has 0 aliphatic carbocycles. The Kier molecular flexibility index (Phi) is 4.05. The molecule has 0 bridgehead atoms. The fourth-order valence-electron chi connectivity index (χ4n) is 1.50. The van der Waals surface area contributed by atoms with Crippen molar-refractivity contribution in [1.29, 1.82) is 0 Å². The van der Waals surface area contributed by atoms with E-state index in [1.165, 1.54) is 30.5 Å². The molecule has 0 saturated carbocycles. The van der Waals surface area contributed by atoms with E-state index in [1.807, 2.05) is 0 Å². The minimum absolute atomic E-state index is 0.0204. The van der Waals surface area contributed by atoms with Crippen LogP contribution in [0.2, 0.25) is 0 Å². The van der Waals surface area contributed by atoms with Crippen LogP contribution in [0.1, 0.15) is 10.5 Å². The van der Waals surface area contributed by atoms with Crippen LogP contribution in [0.4, 0.5) is 5.69 Å². The number of sulfonamides is 1. The number of anilines is 1. The van der Waals surface area contributed by atoms with Crippen molar-refractivity contribution in [3.05, 3.63) is 52.8 Å². The van der Waals surface area contributed by atoms with E-state index in [9.17, 15) is 13.2 Å². The van der Waals surface area contributed by atoms with E-state index in [2.05, 4.69) is 25.6 Å². The Labute approximate surface area is 123 Å². The van der Waals surface area contributed by atoms with E-state index >= 15 is 0 Å². The van der Waals surface area contributed by atoms with E-state index in [0.29, 0.717) is 4.47 Å². The summed E-state index contributed by atoms with van der Waals surface area (Å²) >= 11 is 3.18. The fraction of sp³-hybridized carbons (Fsp3) is 0. The van der Waals surface area contributed by atoms with Crippen LogP contribution >= 0.6 is 15.9 Å². The van der Waals surface area contributed by atoms with Gasteiger partial charge in [-0.3, -0.25) is 4.72 Å². The van der Waals surface area contributed by atoms with Crippen molar-refractivity contribution in [2.24, 2.45) is 0 Å². The number of benzene rings is 1. The first-order chi connectivity index (χ1) is 9.40. The van der Waals surface area contributed by atoms with Gasteiger partial charge >= 0.3 is 5.97 Å². The second-order valence-electron chi connectivity index (χ2n) is 3.77. The number of aromatic carboxylic acids is 1. The lowest BCUT2D eigenvalue weighted by molar-refractivity contribution is 0.0692. The Morgan fingerprint density at radius 1 is 1.25 bits per heavy atom. The molecule has 104 valence electrons. The maximum atomic E-state index is 12.2. The number of halogens is 1. The number of pyridine rings is 1. The summed E-state index contributed by atoms with van der Waals surface area (Å²) < 4.78 is 27.2. The quantitative estimate of drug-likeness (QED) is 0.876. The van der Waals surface area contributed by atoms with Crippen molar-refractivity contribution in [3.8, 4) is 0 Å². The van der Waals surface area contributed by atoms with Crippen molar-refractivity contribution in [2.75, 3.05) is 4.72 Å². The van der Waals surface area contributed by atoms with Crippen LogP contribution < -0.4 is 4.72 Å². The summed E-state index contributed by atoms with van der Waals surface area (Å²) in [6.45, 7) is 0. The maximum absolute atomic E-state index is 12.2. The van der Waals surface area contributed by atoms with Gasteiger partial charge in [0, 0.05) is 10.7 Å². The largest absolute Gasteiger partial charge is 0.476 e. The van der Waals surface area contributed by atoms with E-state index in [4.69, 9.17) is 5.11 Å². The van der Waals surface area contributed by atoms with Crippen molar-refractivity contribution in [2.45, 2.75) is 4.90 Å². The summed E-state index contributed by atoms with van der Waals surface area (Å²) in [6.07, 6.45) is 1.28. The van der Waals surface area contributed by atoms with Gasteiger partial charge in [-0.15, -0.1) is 0 Å². The summed E-state index contributed by atoms with van der Waals surface area (Å²) in [6, 6.07) is 8.87. The summed E-state index contributed by atoms with van der Waals surface area (Å²) in [5.41, 5.74) is -0.439. The molecule has 1 heterocycles. The first kappa shape index (κ1) is 14.5. The molecule has 0 fully saturated rings. The third-order valence-corrected chi connectivity index (χ3v) is 4.22. The van der Waals surface area contributed by atoms with Crippen LogP contribution in [-0.2, 0) is 10.0 Å². The lowest BCUT2D eigenvalue weighted by Crippen LogP contribution is -2.16. The topological polar surface area (TPSA) is 96.4 Å². The summed E-state index contributed by atoms with van der Waals surface area (Å²) in [5, 5.41) is 8.97. The van der Waals surface area contributed by atoms with Gasteiger partial charge in [0.25, 0.3) is 10.0 Å². The van der Waals surface area contributed by atoms with Crippen LogP contribution in [0.15, 0.2) is 52.0 Å². The first-order valence-corrected chi connectivity index (χ1v) is 7.64. The maximum Gasteiger partial charge on any atom is 0.356 e. The molecule has 20 heavy (non-hydrogen) atoms. The molecule has 0 unspecified atom stereocenters. The van der Waals surface area contributed by atoms with Gasteiger partial charge in [-0.25, -0.2) is 18.2 Å². The summed E-state index contributed by atoms with van der Waals surface area (Å²) in [5.74, 6) is -1.31. The second kappa shape index (κ2) is 5.59. The average Bonchev–Trinajstić information content (AvgIpc) is 2.38. The molecule has 0 aliphatic rings. The smallest absolute Gasteiger partial charge is 0.356 e. The molecule has 1 aromatic heterocycles. The monoisotopic (exact) mass is 356 g/mol. The Morgan fingerprint density at radius 2 is 2.00 bits per heavy atom. The fourth-order valence-corrected chi connectivity index (χ4v) is 3.16. The van der Waals surface area contributed by atoms with E-state index < -0.39 is 16.0 Å². The number of nitrogens with one attached hydrogen (secondary N) is 1. The highest BCUT2D eigenvalue weighted by atomic mass is 79.9. The SMILES string of the molecule is O=C(O)c1ncccc1NS(=O)(=O)c1cccc(Br)c1. The molecule has 6 nitrogen and oxygen atoms in total. The Hall–Kier alpha value is -1.93. The predicted molar refractivity (Wildman–Crippen MR) is 76.1 cm³/mol. The van der Waals surface area contributed by atoms with Gasteiger partial charge in [0.2, 0.25) is 0 Å². The molecule has 1 aromatic carbocycles. The van der Waals surface area contributed by atoms with Gasteiger partial charge in [-0.05, 0) is 30.3 Å². The van der Waals surface area contributed by atoms with Crippen molar-refractivity contribution < 1.29 is 18.3 Å². The molecule has 2 aromatic rings. The highest BCUT2D eigenvalue weighted by Crippen LogP contribution is 2.21. The highest BCUT2D eigenvalue weighted by Gasteiger charge is 2.19. The zero-order chi connectivity index (χ0) is 14.8. The highest BCUT2D eigenvalue weighted by molar-refractivity contribution is 9.10. The molecular weight excluding hydrogens is 348 g/mol. The third kappa shape index (κ3) is 3.14. The van der Waals surface area contributed by atoms with Crippen LogP contribution in [0.5, 0.6) is 0 Å². The number of carboxylic acids is 1. The number of rotatable bonds is 4. The van der Waals surface area contributed by atoms with Gasteiger partial charge in [0.1, 0.15) is 0 Å². The van der Waals surface area contributed by atoms with Gasteiger partial charge in [-0.2, -0.15) is 0 Å². The standard InChI is InChI=1S/C12H9BrN2O4S/c13-8-3-1-4-9(7-8)20(18,19)15-10-5-2-6-14-11(10)12(16)17/h1-7,15H,(H,16,17). The molecule has 0 aliphatic heterocycles. The van der Waals surface area contributed by atoms with Crippen molar-refractivity contribution >= 4 is 37.6 Å². The molecule has 2 rings (SSSR count). The first-order valence-electron chi connectivity index (χ1n) is 5.37. The molecule has 0 saturated heterocycles. The van der Waals surface area contributed by atoms with Crippen molar-refractivity contribution in [1.82, 2.24) is 4.98 Å². The van der Waals surface area contributed by atoms with Crippen LogP contribution in [0, 0.1) is 0 Å². The minimum atomic E-state index is -3.88. The molecule has 8 heteroatoms. The van der Waals surface area contributed by atoms with Gasteiger partial charge in [0.05, 0.1) is 10.6 Å². The minimum Gasteiger partial charge on any atom is -0.476 e. The molecule has 0 radical (unpaired) electrons. The van der Waals surface area contributed by atoms with Crippen LogP contribution in [0.25, 0.3) is 0 Å². The molecule has 0 amide bonds. The predicted octanol–water partition coefficient (Wildman–Crippen LogP) is 2.34. The molecule has 2 N–H and O–H groups in total. The van der Waals surface area contributed by atoms with Gasteiger partial charge < -0.3 is 5.11 Å². The van der Waals surface area contributed by atoms with E-state index in [1.54, 1.807) is 12.1 Å². The summed E-state index contributed by atoms with van der Waals surface area (Å²) in [4.78, 5) is 14.7. The Balaban J connectivity index is 2.41. The normalized spacial score (nSPS) is 11.1. The molecule has 0 spiro atoms. The number of carbonyl (C=O) groups is 1. The zero-order valence-electron chi connectivity index (χ0n) is 9.95. The number of carboxylic acid groups (broad SMARTS) is 1. The number of hydrogen-bond acceptors (Lipinski definition) is 4. The number of aromatic nitrogens is 1. The van der Waals surface area contributed by atoms with Crippen LogP contribution in [-0.4, -0.2) is 24.5 Å². The van der Waals surface area contributed by atoms with E-state index in [0.717, 1.165) is 0 Å². The van der Waals surface area contributed by atoms with Gasteiger partial charge in [-0.1, -0.05) is 22.0 Å². The Morgan fingerprint density at radius 3 is 2.65 bits per heavy atom. The molecule has 0 atom stereocenters. The number of nitrogens with zero attached hydrogens (tertiary/aromatic N) is 1. The second-order valence-corrected chi connectivity index (χ2v) is 6.37. The lowest BCUT2D eigenvalue weighted by atomic mass is 10.3. The Bertz CT molecular complexity index is 762. The van der Waals surface area contributed by atoms with Crippen LogP contribution in [0.3, 0.4) is 0 Å². The third-order valence-electron chi connectivity index (χ3n) is 2.36. The molecular formula is C12H9BrN2O4S. The number of hydrogen-bond donors (Lipinski definition) is 2. The van der Waals surface area contributed by atoms with Crippen molar-refractivity contribution in [3.63, 3.8) is 0 Å². The average molecular weight is 357 g/mol. The summed E-state index contributed by atoms with van der Waals surface area (Å²) in [7, 11) is -3.88. The van der Waals surface area contributed by atoms with E-state index in [-0.39, 0.29) is 16.3 Å². The van der Waals surface area contributed by atoms with Gasteiger partial charge in [0.15, 0.2) is 5.69 Å². The zero-order valence-corrected chi connectivity index (χ0v) is 12.3. The lowest BCUT2D eigenvalue weighted by Gasteiger charge is -2.09.